The molecule has 1 aromatic carbocycles. The molecule has 0 N–H and O–H groups in total. The molecule has 1 radical (unpaired) electrons. The summed E-state index contributed by atoms with van der Waals surface area (Å²) in [4.78, 5) is 0. The van der Waals surface area contributed by atoms with Gasteiger partial charge < -0.3 is 4.42 Å². The number of furan rings is 1. The van der Waals surface area contributed by atoms with Gasteiger partial charge in [0.15, 0.2) is 0 Å². The van der Waals surface area contributed by atoms with Gasteiger partial charge in [-0.1, -0.05) is 43.3 Å². The molecule has 2 aromatic rings. The van der Waals surface area contributed by atoms with E-state index >= 15 is 0 Å². The van der Waals surface area contributed by atoms with Gasteiger partial charge in [0.1, 0.15) is 5.76 Å². The van der Waals surface area contributed by atoms with E-state index in [4.69, 9.17) is 4.42 Å². The molecule has 1 aliphatic carbocycles. The van der Waals surface area contributed by atoms with Crippen LogP contribution in [0.2, 0.25) is 0 Å². The molecule has 1 heteroatoms. The normalized spacial score (nSPS) is 14.3. The molecule has 0 fully saturated rings. The Balaban J connectivity index is 2.08. The van der Waals surface area contributed by atoms with E-state index in [1.165, 1.54) is 22.6 Å². The van der Waals surface area contributed by atoms with Crippen molar-refractivity contribution >= 4 is 6.08 Å². The van der Waals surface area contributed by atoms with Crippen molar-refractivity contribution in [1.29, 1.82) is 0 Å². The maximum Gasteiger partial charge on any atom is 0.123 e. The molecule has 0 unspecified atom stereocenters. The second kappa shape index (κ2) is 3.67. The molecule has 0 saturated heterocycles. The molecule has 16 heavy (non-hydrogen) atoms. The van der Waals surface area contributed by atoms with Crippen molar-refractivity contribution in [3.63, 3.8) is 0 Å². The summed E-state index contributed by atoms with van der Waals surface area (Å²) in [5, 5.41) is 0. The van der Waals surface area contributed by atoms with Crippen molar-refractivity contribution < 1.29 is 4.42 Å². The van der Waals surface area contributed by atoms with Crippen LogP contribution in [0.15, 0.2) is 47.1 Å². The van der Waals surface area contributed by atoms with Crippen molar-refractivity contribution in [2.45, 2.75) is 13.3 Å². The number of fused-ring (bicyclic) bond motifs is 1. The van der Waals surface area contributed by atoms with Crippen LogP contribution in [0.25, 0.3) is 6.08 Å². The number of hydrogen-bond donors (Lipinski definition) is 0. The van der Waals surface area contributed by atoms with Gasteiger partial charge in [-0.05, 0) is 29.2 Å². The Morgan fingerprint density at radius 3 is 2.81 bits per heavy atom. The summed E-state index contributed by atoms with van der Waals surface area (Å²) >= 11 is 0. The van der Waals surface area contributed by atoms with Crippen LogP contribution in [0.4, 0.5) is 0 Å². The first-order chi connectivity index (χ1) is 7.90. The molecule has 0 aliphatic heterocycles. The Morgan fingerprint density at radius 1 is 1.06 bits per heavy atom. The lowest BCUT2D eigenvalue weighted by Gasteiger charge is -2.08. The highest BCUT2D eigenvalue weighted by molar-refractivity contribution is 5.72. The Bertz CT molecular complexity index is 534. The van der Waals surface area contributed by atoms with Gasteiger partial charge in [0.2, 0.25) is 0 Å². The minimum Gasteiger partial charge on any atom is -0.468 e. The Morgan fingerprint density at radius 2 is 1.94 bits per heavy atom. The lowest BCUT2D eigenvalue weighted by molar-refractivity contribution is 0.531. The van der Waals surface area contributed by atoms with Crippen LogP contribution in [0, 0.1) is 5.92 Å². The molecule has 0 spiro atoms. The summed E-state index contributed by atoms with van der Waals surface area (Å²) < 4.78 is 5.61. The molecule has 3 rings (SSSR count). The fraction of sp³-hybridized carbons (Fsp3) is 0.133. The van der Waals surface area contributed by atoms with E-state index in [2.05, 4.69) is 49.4 Å². The van der Waals surface area contributed by atoms with Gasteiger partial charge in [0, 0.05) is 0 Å². The third kappa shape index (κ3) is 1.32. The van der Waals surface area contributed by atoms with Gasteiger partial charge in [-0.15, -0.1) is 0 Å². The van der Waals surface area contributed by atoms with Crippen LogP contribution in [0.5, 0.6) is 0 Å². The molecule has 0 bridgehead atoms. The van der Waals surface area contributed by atoms with E-state index in [1.54, 1.807) is 6.26 Å². The number of rotatable bonds is 2. The quantitative estimate of drug-likeness (QED) is 0.732. The van der Waals surface area contributed by atoms with E-state index in [0.29, 0.717) is 0 Å². The first kappa shape index (κ1) is 9.46. The summed E-state index contributed by atoms with van der Waals surface area (Å²) in [5.74, 6) is 2.22. The maximum absolute atomic E-state index is 5.61. The summed E-state index contributed by atoms with van der Waals surface area (Å²) in [5.41, 5.74) is 3.82. The zero-order chi connectivity index (χ0) is 11.0. The summed E-state index contributed by atoms with van der Waals surface area (Å²) in [7, 11) is 0. The van der Waals surface area contributed by atoms with Crippen molar-refractivity contribution in [2.75, 3.05) is 0 Å². The van der Waals surface area contributed by atoms with Gasteiger partial charge in [-0.2, -0.15) is 0 Å². The standard InChI is InChI=1S/C15H13O/c1-2-11-9-10-16-15(11)14-8-7-12-5-3-4-6-13(12)14/h3-10H,2H2,1H3. The van der Waals surface area contributed by atoms with Crippen LogP contribution in [0.1, 0.15) is 29.4 Å². The summed E-state index contributed by atoms with van der Waals surface area (Å²) in [6.45, 7) is 2.15. The highest BCUT2D eigenvalue weighted by atomic mass is 16.3. The first-order valence-corrected chi connectivity index (χ1v) is 5.61. The average molecular weight is 209 g/mol. The summed E-state index contributed by atoms with van der Waals surface area (Å²) in [6.07, 6.45) is 7.07. The molecule has 1 aromatic heterocycles. The van der Waals surface area contributed by atoms with E-state index in [-0.39, 0.29) is 0 Å². The highest BCUT2D eigenvalue weighted by Crippen LogP contribution is 2.36. The number of benzene rings is 1. The average Bonchev–Trinajstić information content (AvgIpc) is 2.94. The third-order valence-electron chi connectivity index (χ3n) is 3.05. The topological polar surface area (TPSA) is 13.1 Å². The number of aryl methyl sites for hydroxylation is 1. The van der Waals surface area contributed by atoms with Crippen LogP contribution in [0.3, 0.4) is 0 Å². The van der Waals surface area contributed by atoms with Gasteiger partial charge in [-0.25, -0.2) is 0 Å². The number of hydrogen-bond acceptors (Lipinski definition) is 1. The Labute approximate surface area is 95.4 Å². The predicted molar refractivity (Wildman–Crippen MR) is 65.0 cm³/mol. The van der Waals surface area contributed by atoms with E-state index in [1.807, 2.05) is 0 Å². The zero-order valence-corrected chi connectivity index (χ0v) is 9.23. The van der Waals surface area contributed by atoms with Gasteiger partial charge >= 0.3 is 0 Å². The molecular formula is C15H13O. The summed E-state index contributed by atoms with van der Waals surface area (Å²) in [6, 6.07) is 10.5. The lowest BCUT2D eigenvalue weighted by atomic mass is 9.95. The second-order valence-corrected chi connectivity index (χ2v) is 3.96. The molecule has 1 heterocycles. The molecule has 79 valence electrons. The van der Waals surface area contributed by atoms with Crippen LogP contribution in [-0.2, 0) is 6.42 Å². The fourth-order valence-corrected chi connectivity index (χ4v) is 2.20. The molecular weight excluding hydrogens is 196 g/mol. The zero-order valence-electron chi connectivity index (χ0n) is 9.23. The van der Waals surface area contributed by atoms with Crippen LogP contribution < -0.4 is 0 Å². The monoisotopic (exact) mass is 209 g/mol. The Kier molecular flexibility index (Phi) is 2.17. The van der Waals surface area contributed by atoms with E-state index in [0.717, 1.165) is 12.2 Å². The molecule has 0 atom stereocenters. The van der Waals surface area contributed by atoms with Crippen molar-refractivity contribution in [3.8, 4) is 0 Å². The molecule has 0 saturated carbocycles. The van der Waals surface area contributed by atoms with Gasteiger partial charge in [0.25, 0.3) is 0 Å². The van der Waals surface area contributed by atoms with Crippen molar-refractivity contribution in [2.24, 2.45) is 0 Å². The van der Waals surface area contributed by atoms with Crippen LogP contribution >= 0.6 is 0 Å². The smallest absolute Gasteiger partial charge is 0.123 e. The predicted octanol–water partition coefficient (Wildman–Crippen LogP) is 3.84. The van der Waals surface area contributed by atoms with Crippen LogP contribution in [-0.4, -0.2) is 0 Å². The second-order valence-electron chi connectivity index (χ2n) is 3.96. The first-order valence-electron chi connectivity index (χ1n) is 5.61. The molecule has 1 aliphatic rings. The van der Waals surface area contributed by atoms with E-state index < -0.39 is 0 Å². The fourth-order valence-electron chi connectivity index (χ4n) is 2.20. The number of allylic oxidation sites excluding steroid dienone is 1. The minimum absolute atomic E-state index is 1.01. The lowest BCUT2D eigenvalue weighted by Crippen LogP contribution is -1.98. The molecule has 1 nitrogen and oxygen atoms in total. The Hall–Kier alpha value is -1.76. The highest BCUT2D eigenvalue weighted by Gasteiger charge is 2.23. The third-order valence-corrected chi connectivity index (χ3v) is 3.05. The molecule has 0 amide bonds. The van der Waals surface area contributed by atoms with Gasteiger partial charge in [0.05, 0.1) is 12.2 Å². The minimum atomic E-state index is 1.01. The van der Waals surface area contributed by atoms with Crippen molar-refractivity contribution in [1.82, 2.24) is 0 Å². The largest absolute Gasteiger partial charge is 0.468 e. The van der Waals surface area contributed by atoms with E-state index in [9.17, 15) is 0 Å². The SMILES string of the molecule is CCc1ccoc1[C]1C=Cc2ccccc21. The maximum atomic E-state index is 5.61. The van der Waals surface area contributed by atoms with Gasteiger partial charge in [-0.3, -0.25) is 0 Å². The van der Waals surface area contributed by atoms with Crippen molar-refractivity contribution in [3.05, 3.63) is 71.0 Å².